The van der Waals surface area contributed by atoms with Crippen LogP contribution >= 0.6 is 22.6 Å². The molecule has 2 rings (SSSR count). The number of rotatable bonds is 5. The van der Waals surface area contributed by atoms with Gasteiger partial charge in [-0.3, -0.25) is 4.79 Å². The molecule has 0 heterocycles. The first-order valence-electron chi connectivity index (χ1n) is 6.56. The predicted octanol–water partition coefficient (Wildman–Crippen LogP) is 4.04. The average Bonchev–Trinajstić information content (AvgIpc) is 2.49. The van der Waals surface area contributed by atoms with Gasteiger partial charge in [-0.1, -0.05) is 24.3 Å². The van der Waals surface area contributed by atoms with E-state index in [-0.39, 0.29) is 5.78 Å². The van der Waals surface area contributed by atoms with Gasteiger partial charge in [0.2, 0.25) is 0 Å². The van der Waals surface area contributed by atoms with E-state index in [0.29, 0.717) is 17.9 Å². The van der Waals surface area contributed by atoms with Crippen LogP contribution in [0.25, 0.3) is 0 Å². The van der Waals surface area contributed by atoms with Gasteiger partial charge in [0.1, 0.15) is 0 Å². The van der Waals surface area contributed by atoms with Gasteiger partial charge in [-0.2, -0.15) is 0 Å². The molecule has 0 fully saturated rings. The second-order valence-corrected chi connectivity index (χ2v) is 5.80. The SMILES string of the molecule is COc1ccc(CC(=O)c2cccc(C)c2I)cc1OC. The number of halogens is 1. The van der Waals surface area contributed by atoms with Gasteiger partial charge in [0, 0.05) is 15.6 Å². The predicted molar refractivity (Wildman–Crippen MR) is 91.5 cm³/mol. The van der Waals surface area contributed by atoms with E-state index in [2.05, 4.69) is 22.6 Å². The van der Waals surface area contributed by atoms with Crippen LogP contribution in [0.5, 0.6) is 11.5 Å². The highest BCUT2D eigenvalue weighted by Crippen LogP contribution is 2.28. The Labute approximate surface area is 138 Å². The summed E-state index contributed by atoms with van der Waals surface area (Å²) in [5.74, 6) is 1.41. The summed E-state index contributed by atoms with van der Waals surface area (Å²) in [4.78, 5) is 12.5. The van der Waals surface area contributed by atoms with Crippen molar-refractivity contribution in [2.24, 2.45) is 0 Å². The molecule has 0 N–H and O–H groups in total. The molecule has 2 aromatic carbocycles. The standard InChI is InChI=1S/C17H17IO3/c1-11-5-4-6-13(17(11)18)14(19)9-12-7-8-15(20-2)16(10-12)21-3/h4-8,10H,9H2,1-3H3. The Kier molecular flexibility index (Phi) is 5.22. The van der Waals surface area contributed by atoms with Crippen molar-refractivity contribution in [3.05, 3.63) is 56.7 Å². The van der Waals surface area contributed by atoms with Crippen LogP contribution in [-0.2, 0) is 6.42 Å². The lowest BCUT2D eigenvalue weighted by Crippen LogP contribution is -2.07. The van der Waals surface area contributed by atoms with Gasteiger partial charge in [-0.05, 0) is 52.8 Å². The van der Waals surface area contributed by atoms with Gasteiger partial charge in [-0.25, -0.2) is 0 Å². The van der Waals surface area contributed by atoms with E-state index in [1.807, 2.05) is 43.3 Å². The molecule has 4 heteroatoms. The van der Waals surface area contributed by atoms with Gasteiger partial charge < -0.3 is 9.47 Å². The van der Waals surface area contributed by atoms with E-state index in [0.717, 1.165) is 20.3 Å². The lowest BCUT2D eigenvalue weighted by molar-refractivity contribution is 0.0992. The molecular formula is C17H17IO3. The third-order valence-electron chi connectivity index (χ3n) is 3.30. The van der Waals surface area contributed by atoms with Crippen LogP contribution in [0, 0.1) is 10.5 Å². The van der Waals surface area contributed by atoms with Gasteiger partial charge in [0.05, 0.1) is 14.2 Å². The maximum Gasteiger partial charge on any atom is 0.168 e. The fourth-order valence-corrected chi connectivity index (χ4v) is 2.79. The molecule has 110 valence electrons. The van der Waals surface area contributed by atoms with Crippen molar-refractivity contribution in [1.29, 1.82) is 0 Å². The van der Waals surface area contributed by atoms with Crippen molar-refractivity contribution in [3.63, 3.8) is 0 Å². The molecule has 0 unspecified atom stereocenters. The molecule has 21 heavy (non-hydrogen) atoms. The number of hydrogen-bond donors (Lipinski definition) is 0. The van der Waals surface area contributed by atoms with E-state index < -0.39 is 0 Å². The van der Waals surface area contributed by atoms with Gasteiger partial charge in [0.15, 0.2) is 17.3 Å². The van der Waals surface area contributed by atoms with E-state index in [9.17, 15) is 4.79 Å². The number of methoxy groups -OCH3 is 2. The van der Waals surface area contributed by atoms with Crippen LogP contribution < -0.4 is 9.47 Å². The molecule has 0 radical (unpaired) electrons. The Balaban J connectivity index is 2.25. The number of Topliss-reactive ketones (excluding diaryl/α,β-unsaturated/α-hetero) is 1. The van der Waals surface area contributed by atoms with Crippen LogP contribution in [0.2, 0.25) is 0 Å². The highest BCUT2D eigenvalue weighted by Gasteiger charge is 2.13. The number of ketones is 1. The van der Waals surface area contributed by atoms with E-state index in [4.69, 9.17) is 9.47 Å². The monoisotopic (exact) mass is 396 g/mol. The Bertz CT molecular complexity index is 665. The minimum atomic E-state index is 0.107. The average molecular weight is 396 g/mol. The van der Waals surface area contributed by atoms with Crippen LogP contribution in [-0.4, -0.2) is 20.0 Å². The third kappa shape index (κ3) is 3.56. The topological polar surface area (TPSA) is 35.5 Å². The Hall–Kier alpha value is -1.56. The largest absolute Gasteiger partial charge is 0.493 e. The van der Waals surface area contributed by atoms with Crippen molar-refractivity contribution in [2.45, 2.75) is 13.3 Å². The van der Waals surface area contributed by atoms with Crippen molar-refractivity contribution in [1.82, 2.24) is 0 Å². The van der Waals surface area contributed by atoms with E-state index >= 15 is 0 Å². The number of carbonyl (C=O) groups excluding carboxylic acids is 1. The molecule has 0 aliphatic rings. The normalized spacial score (nSPS) is 10.3. The third-order valence-corrected chi connectivity index (χ3v) is 4.74. The molecule has 0 saturated heterocycles. The van der Waals surface area contributed by atoms with E-state index in [1.54, 1.807) is 14.2 Å². The van der Waals surface area contributed by atoms with Crippen molar-refractivity contribution in [3.8, 4) is 11.5 Å². The molecule has 3 nitrogen and oxygen atoms in total. The summed E-state index contributed by atoms with van der Waals surface area (Å²) in [6.45, 7) is 2.01. The fourth-order valence-electron chi connectivity index (χ4n) is 2.13. The second-order valence-electron chi connectivity index (χ2n) is 4.73. The maximum absolute atomic E-state index is 12.5. The minimum Gasteiger partial charge on any atom is -0.493 e. The van der Waals surface area contributed by atoms with Crippen LogP contribution in [0.4, 0.5) is 0 Å². The summed E-state index contributed by atoms with van der Waals surface area (Å²) in [6, 6.07) is 11.4. The fraction of sp³-hybridized carbons (Fsp3) is 0.235. The van der Waals surface area contributed by atoms with Crippen molar-refractivity contribution >= 4 is 28.4 Å². The quantitative estimate of drug-likeness (QED) is 0.565. The van der Waals surface area contributed by atoms with Gasteiger partial charge in [-0.15, -0.1) is 0 Å². The van der Waals surface area contributed by atoms with Gasteiger partial charge in [0.25, 0.3) is 0 Å². The molecule has 0 aliphatic heterocycles. The molecule has 0 aromatic heterocycles. The zero-order chi connectivity index (χ0) is 15.4. The molecule has 0 aliphatic carbocycles. The van der Waals surface area contributed by atoms with Crippen molar-refractivity contribution < 1.29 is 14.3 Å². The Morgan fingerprint density at radius 3 is 2.48 bits per heavy atom. The minimum absolute atomic E-state index is 0.107. The summed E-state index contributed by atoms with van der Waals surface area (Å²) in [6.07, 6.45) is 0.347. The highest BCUT2D eigenvalue weighted by molar-refractivity contribution is 14.1. The smallest absolute Gasteiger partial charge is 0.168 e. The number of benzene rings is 2. The summed E-state index contributed by atoms with van der Waals surface area (Å²) < 4.78 is 11.5. The number of hydrogen-bond acceptors (Lipinski definition) is 3. The molecule has 0 amide bonds. The first kappa shape index (κ1) is 15.8. The van der Waals surface area contributed by atoms with E-state index in [1.165, 1.54) is 0 Å². The summed E-state index contributed by atoms with van der Waals surface area (Å²) in [7, 11) is 3.19. The number of aryl methyl sites for hydroxylation is 1. The Morgan fingerprint density at radius 2 is 1.81 bits per heavy atom. The second kappa shape index (κ2) is 6.93. The van der Waals surface area contributed by atoms with Crippen molar-refractivity contribution in [2.75, 3.05) is 14.2 Å². The summed E-state index contributed by atoms with van der Waals surface area (Å²) >= 11 is 2.22. The molecular weight excluding hydrogens is 379 g/mol. The summed E-state index contributed by atoms with van der Waals surface area (Å²) in [5.41, 5.74) is 2.80. The maximum atomic E-state index is 12.5. The Morgan fingerprint density at radius 1 is 1.10 bits per heavy atom. The highest BCUT2D eigenvalue weighted by atomic mass is 127. The summed E-state index contributed by atoms with van der Waals surface area (Å²) in [5, 5.41) is 0. The zero-order valence-corrected chi connectivity index (χ0v) is 14.4. The molecule has 0 bridgehead atoms. The zero-order valence-electron chi connectivity index (χ0n) is 12.3. The van der Waals surface area contributed by atoms with Crippen LogP contribution in [0.15, 0.2) is 36.4 Å². The molecule has 0 spiro atoms. The number of carbonyl (C=O) groups is 1. The molecule has 2 aromatic rings. The first-order chi connectivity index (χ1) is 10.1. The van der Waals surface area contributed by atoms with Crippen LogP contribution in [0.3, 0.4) is 0 Å². The lowest BCUT2D eigenvalue weighted by Gasteiger charge is -2.10. The molecule has 0 saturated carbocycles. The number of ether oxygens (including phenoxy) is 2. The van der Waals surface area contributed by atoms with Gasteiger partial charge >= 0.3 is 0 Å². The van der Waals surface area contributed by atoms with Crippen LogP contribution in [0.1, 0.15) is 21.5 Å². The lowest BCUT2D eigenvalue weighted by atomic mass is 10.0. The molecule has 0 atom stereocenters. The first-order valence-corrected chi connectivity index (χ1v) is 7.64.